The first-order chi connectivity index (χ1) is 10.3. The van der Waals surface area contributed by atoms with Crippen LogP contribution in [-0.4, -0.2) is 35.4 Å². The lowest BCUT2D eigenvalue weighted by Gasteiger charge is -2.41. The van der Waals surface area contributed by atoms with Crippen molar-refractivity contribution >= 4 is 11.7 Å². The van der Waals surface area contributed by atoms with Gasteiger partial charge in [0.15, 0.2) is 0 Å². The standard InChI is InChI=1S/C17H25N3O/c1-2-18-16-15(8-5-10-19-16)17(21)20-11-9-13-6-3-4-7-14(13)12-20/h5,8,10,13-14H,2-4,6-7,9,11-12H2,1H3,(H,18,19). The van der Waals surface area contributed by atoms with Gasteiger partial charge in [0.25, 0.3) is 5.91 Å². The Balaban J connectivity index is 1.73. The van der Waals surface area contributed by atoms with Crippen molar-refractivity contribution in [3.8, 4) is 0 Å². The fraction of sp³-hybridized carbons (Fsp3) is 0.647. The number of anilines is 1. The highest BCUT2D eigenvalue weighted by Gasteiger charge is 2.33. The molecular formula is C17H25N3O. The Morgan fingerprint density at radius 3 is 2.95 bits per heavy atom. The van der Waals surface area contributed by atoms with Crippen LogP contribution in [0.2, 0.25) is 0 Å². The molecule has 21 heavy (non-hydrogen) atoms. The van der Waals surface area contributed by atoms with Crippen LogP contribution in [0, 0.1) is 11.8 Å². The first kappa shape index (κ1) is 14.4. The van der Waals surface area contributed by atoms with E-state index in [-0.39, 0.29) is 5.91 Å². The van der Waals surface area contributed by atoms with E-state index in [1.807, 2.05) is 24.0 Å². The quantitative estimate of drug-likeness (QED) is 0.928. The fourth-order valence-electron chi connectivity index (χ4n) is 3.84. The van der Waals surface area contributed by atoms with Gasteiger partial charge < -0.3 is 10.2 Å². The largest absolute Gasteiger partial charge is 0.370 e. The van der Waals surface area contributed by atoms with Gasteiger partial charge in [-0.05, 0) is 43.7 Å². The third kappa shape index (κ3) is 3.04. The molecule has 2 aliphatic rings. The van der Waals surface area contributed by atoms with Gasteiger partial charge in [-0.1, -0.05) is 19.3 Å². The maximum Gasteiger partial charge on any atom is 0.257 e. The number of nitrogens with one attached hydrogen (secondary N) is 1. The van der Waals surface area contributed by atoms with E-state index < -0.39 is 0 Å². The fourth-order valence-corrected chi connectivity index (χ4v) is 3.84. The summed E-state index contributed by atoms with van der Waals surface area (Å²) in [6, 6.07) is 3.74. The molecule has 1 N–H and O–H groups in total. The smallest absolute Gasteiger partial charge is 0.257 e. The highest BCUT2D eigenvalue weighted by atomic mass is 16.2. The topological polar surface area (TPSA) is 45.2 Å². The molecule has 0 spiro atoms. The first-order valence-corrected chi connectivity index (χ1v) is 8.27. The number of rotatable bonds is 3. The van der Waals surface area contributed by atoms with E-state index in [4.69, 9.17) is 0 Å². The Labute approximate surface area is 126 Å². The van der Waals surface area contributed by atoms with Gasteiger partial charge in [0, 0.05) is 25.8 Å². The molecule has 4 heteroatoms. The molecule has 2 atom stereocenters. The van der Waals surface area contributed by atoms with Gasteiger partial charge in [-0.25, -0.2) is 4.98 Å². The number of pyridine rings is 1. The number of hydrogen-bond donors (Lipinski definition) is 1. The number of hydrogen-bond acceptors (Lipinski definition) is 3. The molecule has 1 aliphatic heterocycles. The van der Waals surface area contributed by atoms with Gasteiger partial charge in [0.2, 0.25) is 0 Å². The van der Waals surface area contributed by atoms with Crippen LogP contribution in [0.25, 0.3) is 0 Å². The molecule has 1 saturated heterocycles. The Bertz CT molecular complexity index is 503. The van der Waals surface area contributed by atoms with Crippen LogP contribution in [0.5, 0.6) is 0 Å². The van der Waals surface area contributed by atoms with E-state index in [2.05, 4.69) is 10.3 Å². The number of fused-ring (bicyclic) bond motifs is 1. The van der Waals surface area contributed by atoms with Crippen LogP contribution in [0.4, 0.5) is 5.82 Å². The monoisotopic (exact) mass is 287 g/mol. The lowest BCUT2D eigenvalue weighted by Crippen LogP contribution is -2.45. The van der Waals surface area contributed by atoms with Gasteiger partial charge >= 0.3 is 0 Å². The molecule has 2 unspecified atom stereocenters. The summed E-state index contributed by atoms with van der Waals surface area (Å²) in [5.74, 6) is 2.43. The summed E-state index contributed by atoms with van der Waals surface area (Å²) in [7, 11) is 0. The molecule has 1 saturated carbocycles. The minimum atomic E-state index is 0.142. The SMILES string of the molecule is CCNc1ncccc1C(=O)N1CCC2CCCCC2C1. The zero-order chi connectivity index (χ0) is 14.7. The molecule has 1 aliphatic carbocycles. The van der Waals surface area contributed by atoms with Crippen molar-refractivity contribution in [3.05, 3.63) is 23.9 Å². The molecule has 2 fully saturated rings. The number of carbonyl (C=O) groups excluding carboxylic acids is 1. The van der Waals surface area contributed by atoms with E-state index in [0.29, 0.717) is 5.56 Å². The van der Waals surface area contributed by atoms with E-state index >= 15 is 0 Å². The minimum absolute atomic E-state index is 0.142. The Morgan fingerprint density at radius 2 is 2.14 bits per heavy atom. The van der Waals surface area contributed by atoms with Crippen molar-refractivity contribution < 1.29 is 4.79 Å². The number of amides is 1. The molecule has 1 aromatic heterocycles. The summed E-state index contributed by atoms with van der Waals surface area (Å²) >= 11 is 0. The second-order valence-corrected chi connectivity index (χ2v) is 6.27. The molecule has 1 amide bonds. The number of nitrogens with zero attached hydrogens (tertiary/aromatic N) is 2. The summed E-state index contributed by atoms with van der Waals surface area (Å²) < 4.78 is 0. The van der Waals surface area contributed by atoms with Crippen LogP contribution in [0.1, 0.15) is 49.4 Å². The van der Waals surface area contributed by atoms with E-state index in [0.717, 1.165) is 37.3 Å². The average molecular weight is 287 g/mol. The molecule has 3 rings (SSSR count). The maximum absolute atomic E-state index is 12.8. The van der Waals surface area contributed by atoms with Gasteiger partial charge in [0.05, 0.1) is 5.56 Å². The third-order valence-electron chi connectivity index (χ3n) is 4.96. The highest BCUT2D eigenvalue weighted by molar-refractivity contribution is 5.98. The molecule has 114 valence electrons. The Morgan fingerprint density at radius 1 is 1.33 bits per heavy atom. The summed E-state index contributed by atoms with van der Waals surface area (Å²) in [4.78, 5) is 19.2. The second-order valence-electron chi connectivity index (χ2n) is 6.27. The number of aromatic nitrogens is 1. The minimum Gasteiger partial charge on any atom is -0.370 e. The van der Waals surface area contributed by atoms with Crippen LogP contribution in [0.3, 0.4) is 0 Å². The van der Waals surface area contributed by atoms with Gasteiger partial charge in [0.1, 0.15) is 5.82 Å². The van der Waals surface area contributed by atoms with Crippen LogP contribution in [0.15, 0.2) is 18.3 Å². The van der Waals surface area contributed by atoms with E-state index in [1.54, 1.807) is 6.20 Å². The maximum atomic E-state index is 12.8. The lowest BCUT2D eigenvalue weighted by molar-refractivity contribution is 0.0521. The highest BCUT2D eigenvalue weighted by Crippen LogP contribution is 2.36. The van der Waals surface area contributed by atoms with Gasteiger partial charge in [-0.15, -0.1) is 0 Å². The summed E-state index contributed by atoms with van der Waals surface area (Å²) in [6.07, 6.45) is 8.28. The Kier molecular flexibility index (Phi) is 4.42. The zero-order valence-electron chi connectivity index (χ0n) is 12.8. The van der Waals surface area contributed by atoms with Crippen molar-refractivity contribution in [2.45, 2.75) is 39.0 Å². The van der Waals surface area contributed by atoms with Gasteiger partial charge in [-0.3, -0.25) is 4.79 Å². The van der Waals surface area contributed by atoms with Crippen LogP contribution < -0.4 is 5.32 Å². The average Bonchev–Trinajstić information content (AvgIpc) is 2.54. The van der Waals surface area contributed by atoms with Crippen molar-refractivity contribution in [2.24, 2.45) is 11.8 Å². The molecule has 2 heterocycles. The summed E-state index contributed by atoms with van der Waals surface area (Å²) in [5, 5.41) is 3.19. The normalized spacial score (nSPS) is 25.3. The Hall–Kier alpha value is -1.58. The molecule has 0 radical (unpaired) electrons. The van der Waals surface area contributed by atoms with Crippen molar-refractivity contribution in [2.75, 3.05) is 25.0 Å². The van der Waals surface area contributed by atoms with Crippen molar-refractivity contribution in [1.82, 2.24) is 9.88 Å². The first-order valence-electron chi connectivity index (χ1n) is 8.27. The van der Waals surface area contributed by atoms with Gasteiger partial charge in [-0.2, -0.15) is 0 Å². The molecular weight excluding hydrogens is 262 g/mol. The second kappa shape index (κ2) is 6.46. The van der Waals surface area contributed by atoms with Crippen molar-refractivity contribution in [3.63, 3.8) is 0 Å². The van der Waals surface area contributed by atoms with E-state index in [9.17, 15) is 4.79 Å². The number of piperidine rings is 1. The van der Waals surface area contributed by atoms with Crippen LogP contribution >= 0.6 is 0 Å². The molecule has 0 aromatic carbocycles. The third-order valence-corrected chi connectivity index (χ3v) is 4.96. The predicted molar refractivity (Wildman–Crippen MR) is 84.4 cm³/mol. The molecule has 1 aromatic rings. The van der Waals surface area contributed by atoms with Crippen molar-refractivity contribution in [1.29, 1.82) is 0 Å². The number of likely N-dealkylation sites (tertiary alicyclic amines) is 1. The van der Waals surface area contributed by atoms with E-state index in [1.165, 1.54) is 32.1 Å². The number of carbonyl (C=O) groups is 1. The summed E-state index contributed by atoms with van der Waals surface area (Å²) in [6.45, 7) is 4.64. The molecule has 0 bridgehead atoms. The lowest BCUT2D eigenvalue weighted by atomic mass is 9.75. The summed E-state index contributed by atoms with van der Waals surface area (Å²) in [5.41, 5.74) is 0.716. The van der Waals surface area contributed by atoms with Crippen LogP contribution in [-0.2, 0) is 0 Å². The predicted octanol–water partition coefficient (Wildman–Crippen LogP) is 3.17. The zero-order valence-corrected chi connectivity index (χ0v) is 12.8. The molecule has 4 nitrogen and oxygen atoms in total.